The van der Waals surface area contributed by atoms with Crippen molar-refractivity contribution < 1.29 is 14.3 Å². The van der Waals surface area contributed by atoms with Crippen LogP contribution < -0.4 is 9.64 Å². The zero-order valence-electron chi connectivity index (χ0n) is 14.7. The fraction of sp³-hybridized carbons (Fsp3) is 0.190. The maximum atomic E-state index is 12.0. The van der Waals surface area contributed by atoms with Gasteiger partial charge in [-0.1, -0.05) is 30.0 Å². The van der Waals surface area contributed by atoms with E-state index in [1.54, 1.807) is 19.1 Å². The van der Waals surface area contributed by atoms with Crippen molar-refractivity contribution in [1.29, 1.82) is 0 Å². The summed E-state index contributed by atoms with van der Waals surface area (Å²) in [5, 5.41) is 0. The molecule has 0 spiro atoms. The second-order valence-electron chi connectivity index (χ2n) is 5.37. The highest BCUT2D eigenvalue weighted by atomic mass is 16.5. The smallest absolute Gasteiger partial charge is 0.349 e. The number of esters is 1. The molecule has 25 heavy (non-hydrogen) atoms. The standard InChI is InChI=1S/C21H21NO3/c1-4-24-21(23)18(16-25-20-8-6-5-7-9-20)13-10-17-11-14-19(15-12-17)22(2)3/h5-9,11-12,14-16H,4H2,1-3H3/b18-16+. The van der Waals surface area contributed by atoms with Crippen molar-refractivity contribution in [2.75, 3.05) is 25.6 Å². The Bertz CT molecular complexity index is 781. The average Bonchev–Trinajstić information content (AvgIpc) is 2.63. The molecule has 0 radical (unpaired) electrons. The maximum Gasteiger partial charge on any atom is 0.349 e. The second-order valence-corrected chi connectivity index (χ2v) is 5.37. The van der Waals surface area contributed by atoms with Gasteiger partial charge in [-0.15, -0.1) is 0 Å². The third-order valence-corrected chi connectivity index (χ3v) is 3.28. The number of anilines is 1. The highest BCUT2D eigenvalue weighted by Crippen LogP contribution is 2.12. The normalized spacial score (nSPS) is 10.4. The molecule has 0 unspecified atom stereocenters. The van der Waals surface area contributed by atoms with E-state index in [0.717, 1.165) is 11.3 Å². The predicted octanol–water partition coefficient (Wildman–Crippen LogP) is 3.63. The Morgan fingerprint density at radius 2 is 1.76 bits per heavy atom. The van der Waals surface area contributed by atoms with Gasteiger partial charge in [-0.05, 0) is 43.3 Å². The molecule has 4 nitrogen and oxygen atoms in total. The van der Waals surface area contributed by atoms with E-state index in [0.29, 0.717) is 5.75 Å². The zero-order valence-corrected chi connectivity index (χ0v) is 14.7. The molecule has 0 aliphatic carbocycles. The molecule has 0 heterocycles. The van der Waals surface area contributed by atoms with Gasteiger partial charge >= 0.3 is 5.97 Å². The van der Waals surface area contributed by atoms with Crippen LogP contribution in [0.15, 0.2) is 66.4 Å². The van der Waals surface area contributed by atoms with Gasteiger partial charge in [0.1, 0.15) is 17.6 Å². The summed E-state index contributed by atoms with van der Waals surface area (Å²) < 4.78 is 10.5. The van der Waals surface area contributed by atoms with Crippen LogP contribution in [0.5, 0.6) is 5.75 Å². The Labute approximate surface area is 148 Å². The summed E-state index contributed by atoms with van der Waals surface area (Å²) in [5.41, 5.74) is 2.06. The van der Waals surface area contributed by atoms with Gasteiger partial charge in [-0.2, -0.15) is 0 Å². The number of hydrogen-bond donors (Lipinski definition) is 0. The van der Waals surface area contributed by atoms with E-state index in [1.165, 1.54) is 6.26 Å². The lowest BCUT2D eigenvalue weighted by Gasteiger charge is -2.11. The van der Waals surface area contributed by atoms with Gasteiger partial charge in [-0.3, -0.25) is 0 Å². The van der Waals surface area contributed by atoms with Gasteiger partial charge in [0, 0.05) is 25.3 Å². The van der Waals surface area contributed by atoms with Gasteiger partial charge in [0.2, 0.25) is 0 Å². The van der Waals surface area contributed by atoms with Crippen molar-refractivity contribution in [3.05, 3.63) is 72.0 Å². The second kappa shape index (κ2) is 9.19. The Morgan fingerprint density at radius 1 is 1.08 bits per heavy atom. The highest BCUT2D eigenvalue weighted by Gasteiger charge is 2.08. The van der Waals surface area contributed by atoms with E-state index in [9.17, 15) is 4.79 Å². The first-order valence-electron chi connectivity index (χ1n) is 7.98. The predicted molar refractivity (Wildman–Crippen MR) is 99.4 cm³/mol. The molecule has 0 fully saturated rings. The first-order valence-corrected chi connectivity index (χ1v) is 7.98. The number of carbonyl (C=O) groups is 1. The number of nitrogens with zero attached hydrogens (tertiary/aromatic N) is 1. The Balaban J connectivity index is 2.20. The largest absolute Gasteiger partial charge is 0.463 e. The summed E-state index contributed by atoms with van der Waals surface area (Å²) in [5.74, 6) is 5.93. The monoisotopic (exact) mass is 335 g/mol. The third kappa shape index (κ3) is 5.74. The lowest BCUT2D eigenvalue weighted by molar-refractivity contribution is -0.138. The summed E-state index contributed by atoms with van der Waals surface area (Å²) in [7, 11) is 3.95. The summed E-state index contributed by atoms with van der Waals surface area (Å²) in [6.45, 7) is 2.03. The molecular formula is C21H21NO3. The summed E-state index contributed by atoms with van der Waals surface area (Å²) >= 11 is 0. The van der Waals surface area contributed by atoms with Crippen LogP contribution in [0.4, 0.5) is 5.69 Å². The molecular weight excluding hydrogens is 314 g/mol. The molecule has 0 bridgehead atoms. The molecule has 0 amide bonds. The van der Waals surface area contributed by atoms with E-state index in [1.807, 2.05) is 61.5 Å². The number of para-hydroxylation sites is 1. The average molecular weight is 335 g/mol. The Hall–Kier alpha value is -3.19. The molecule has 0 saturated heterocycles. The minimum Gasteiger partial charge on any atom is -0.463 e. The van der Waals surface area contributed by atoms with Gasteiger partial charge in [0.15, 0.2) is 0 Å². The van der Waals surface area contributed by atoms with E-state index in [-0.39, 0.29) is 12.2 Å². The van der Waals surface area contributed by atoms with Gasteiger partial charge < -0.3 is 14.4 Å². The number of carbonyl (C=O) groups excluding carboxylic acids is 1. The number of rotatable bonds is 5. The lowest BCUT2D eigenvalue weighted by Crippen LogP contribution is -2.08. The van der Waals surface area contributed by atoms with E-state index < -0.39 is 5.97 Å². The summed E-state index contributed by atoms with van der Waals surface area (Å²) in [6, 6.07) is 16.9. The van der Waals surface area contributed by atoms with Crippen LogP contribution in [-0.4, -0.2) is 26.7 Å². The minimum atomic E-state index is -0.504. The third-order valence-electron chi connectivity index (χ3n) is 3.28. The topological polar surface area (TPSA) is 38.8 Å². The van der Waals surface area contributed by atoms with E-state index >= 15 is 0 Å². The number of hydrogen-bond acceptors (Lipinski definition) is 4. The first-order chi connectivity index (χ1) is 12.1. The van der Waals surface area contributed by atoms with Gasteiger partial charge in [-0.25, -0.2) is 4.79 Å². The molecule has 2 rings (SSSR count). The number of benzene rings is 2. The molecule has 0 aliphatic rings. The first kappa shape index (κ1) is 18.2. The molecule has 4 heteroatoms. The van der Waals surface area contributed by atoms with Crippen LogP contribution in [0, 0.1) is 11.8 Å². The van der Waals surface area contributed by atoms with E-state index in [4.69, 9.17) is 9.47 Å². The van der Waals surface area contributed by atoms with Crippen LogP contribution in [0.2, 0.25) is 0 Å². The molecule has 0 atom stereocenters. The SMILES string of the molecule is CCOC(=O)/C(C#Cc1ccc(N(C)C)cc1)=C/Oc1ccccc1. The van der Waals surface area contributed by atoms with Crippen molar-refractivity contribution in [3.63, 3.8) is 0 Å². The zero-order chi connectivity index (χ0) is 18.1. The fourth-order valence-corrected chi connectivity index (χ4v) is 1.95. The van der Waals surface area contributed by atoms with Crippen molar-refractivity contribution in [1.82, 2.24) is 0 Å². The summed E-state index contributed by atoms with van der Waals surface area (Å²) in [6.07, 6.45) is 1.33. The van der Waals surface area contributed by atoms with Crippen LogP contribution >= 0.6 is 0 Å². The van der Waals surface area contributed by atoms with Crippen molar-refractivity contribution in [2.45, 2.75) is 6.92 Å². The molecule has 2 aromatic carbocycles. The molecule has 0 saturated carbocycles. The van der Waals surface area contributed by atoms with Crippen molar-refractivity contribution in [2.24, 2.45) is 0 Å². The van der Waals surface area contributed by atoms with Crippen LogP contribution in [0.25, 0.3) is 0 Å². The Morgan fingerprint density at radius 3 is 2.36 bits per heavy atom. The highest BCUT2D eigenvalue weighted by molar-refractivity contribution is 5.93. The molecule has 128 valence electrons. The maximum absolute atomic E-state index is 12.0. The minimum absolute atomic E-state index is 0.169. The summed E-state index contributed by atoms with van der Waals surface area (Å²) in [4.78, 5) is 14.1. The van der Waals surface area contributed by atoms with Crippen LogP contribution in [-0.2, 0) is 9.53 Å². The molecule has 2 aromatic rings. The van der Waals surface area contributed by atoms with Crippen molar-refractivity contribution >= 4 is 11.7 Å². The number of ether oxygens (including phenoxy) is 2. The molecule has 0 N–H and O–H groups in total. The molecule has 0 aliphatic heterocycles. The van der Waals surface area contributed by atoms with Gasteiger partial charge in [0.05, 0.1) is 6.61 Å². The van der Waals surface area contributed by atoms with Gasteiger partial charge in [0.25, 0.3) is 0 Å². The van der Waals surface area contributed by atoms with Crippen LogP contribution in [0.3, 0.4) is 0 Å². The van der Waals surface area contributed by atoms with E-state index in [2.05, 4.69) is 11.8 Å². The fourth-order valence-electron chi connectivity index (χ4n) is 1.95. The van der Waals surface area contributed by atoms with Crippen molar-refractivity contribution in [3.8, 4) is 17.6 Å². The Kier molecular flexibility index (Phi) is 6.67. The van der Waals surface area contributed by atoms with Crippen LogP contribution in [0.1, 0.15) is 12.5 Å². The molecule has 0 aromatic heterocycles. The lowest BCUT2D eigenvalue weighted by atomic mass is 10.2. The quantitative estimate of drug-likeness (QED) is 0.362.